The summed E-state index contributed by atoms with van der Waals surface area (Å²) >= 11 is 18.0. The zero-order valence-corrected chi connectivity index (χ0v) is 13.0. The van der Waals surface area contributed by atoms with Gasteiger partial charge in [-0.15, -0.1) is 0 Å². The number of carbonyl (C=O) groups is 1. The van der Waals surface area contributed by atoms with Gasteiger partial charge in [0, 0.05) is 11.4 Å². The molecule has 4 heteroatoms. The molecule has 0 spiro atoms. The lowest BCUT2D eigenvalue weighted by atomic mass is 9.92. The Balaban J connectivity index is 2.11. The van der Waals surface area contributed by atoms with Gasteiger partial charge < -0.3 is 0 Å². The standard InChI is InChI=1S/C15H17Cl3O/c16-11-8-12(17)15(13(18)9-11)14(19)7-10-5-3-1-2-4-6-10/h8-10H,1-7H2. The Morgan fingerprint density at radius 2 is 1.53 bits per heavy atom. The summed E-state index contributed by atoms with van der Waals surface area (Å²) in [6, 6.07) is 3.16. The van der Waals surface area contributed by atoms with Crippen molar-refractivity contribution in [2.75, 3.05) is 0 Å². The second-order valence-electron chi connectivity index (χ2n) is 5.23. The van der Waals surface area contributed by atoms with Gasteiger partial charge in [0.2, 0.25) is 0 Å². The van der Waals surface area contributed by atoms with Gasteiger partial charge in [-0.25, -0.2) is 0 Å². The Labute approximate surface area is 129 Å². The maximum Gasteiger partial charge on any atom is 0.166 e. The highest BCUT2D eigenvalue weighted by Gasteiger charge is 2.21. The molecular weight excluding hydrogens is 303 g/mol. The van der Waals surface area contributed by atoms with Gasteiger partial charge in [0.1, 0.15) is 0 Å². The van der Waals surface area contributed by atoms with Crippen LogP contribution in [0.25, 0.3) is 0 Å². The summed E-state index contributed by atoms with van der Waals surface area (Å²) < 4.78 is 0. The highest BCUT2D eigenvalue weighted by molar-refractivity contribution is 6.42. The molecule has 1 fully saturated rings. The lowest BCUT2D eigenvalue weighted by Crippen LogP contribution is -2.09. The van der Waals surface area contributed by atoms with Gasteiger partial charge in [-0.3, -0.25) is 4.79 Å². The molecule has 0 bridgehead atoms. The number of benzene rings is 1. The molecule has 104 valence electrons. The number of carbonyl (C=O) groups excluding carboxylic acids is 1. The molecule has 0 heterocycles. The first-order chi connectivity index (χ1) is 9.08. The number of hydrogen-bond donors (Lipinski definition) is 0. The number of ketones is 1. The van der Waals surface area contributed by atoms with E-state index in [1.54, 1.807) is 12.1 Å². The normalized spacial score (nSPS) is 17.2. The summed E-state index contributed by atoms with van der Waals surface area (Å²) in [7, 11) is 0. The van der Waals surface area contributed by atoms with Crippen LogP contribution in [-0.4, -0.2) is 5.78 Å². The molecule has 0 aliphatic heterocycles. The lowest BCUT2D eigenvalue weighted by Gasteiger charge is -2.14. The molecule has 0 unspecified atom stereocenters. The van der Waals surface area contributed by atoms with Gasteiger partial charge in [-0.1, -0.05) is 73.3 Å². The molecule has 1 aromatic carbocycles. The Hall–Kier alpha value is -0.240. The molecular formula is C15H17Cl3O. The molecule has 2 rings (SSSR count). The predicted octanol–water partition coefficient (Wildman–Crippen LogP) is 6.19. The third kappa shape index (κ3) is 4.11. The van der Waals surface area contributed by atoms with Crippen LogP contribution in [0.3, 0.4) is 0 Å². The first-order valence-electron chi connectivity index (χ1n) is 6.75. The van der Waals surface area contributed by atoms with E-state index in [1.165, 1.54) is 25.7 Å². The van der Waals surface area contributed by atoms with Crippen LogP contribution in [0.2, 0.25) is 15.1 Å². The molecule has 0 N–H and O–H groups in total. The minimum atomic E-state index is 0.0403. The molecule has 0 amide bonds. The van der Waals surface area contributed by atoms with Crippen LogP contribution < -0.4 is 0 Å². The minimum Gasteiger partial charge on any atom is -0.294 e. The van der Waals surface area contributed by atoms with Crippen molar-refractivity contribution in [1.82, 2.24) is 0 Å². The summed E-state index contributed by atoms with van der Waals surface area (Å²) in [6.45, 7) is 0. The van der Waals surface area contributed by atoms with Crippen molar-refractivity contribution >= 4 is 40.6 Å². The van der Waals surface area contributed by atoms with Crippen molar-refractivity contribution < 1.29 is 4.79 Å². The predicted molar refractivity (Wildman–Crippen MR) is 81.6 cm³/mol. The van der Waals surface area contributed by atoms with Crippen molar-refractivity contribution in [3.05, 3.63) is 32.8 Å². The molecule has 0 radical (unpaired) electrons. The lowest BCUT2D eigenvalue weighted by molar-refractivity contribution is 0.0957. The largest absolute Gasteiger partial charge is 0.294 e. The highest BCUT2D eigenvalue weighted by atomic mass is 35.5. The molecule has 1 nitrogen and oxygen atoms in total. The smallest absolute Gasteiger partial charge is 0.166 e. The summed E-state index contributed by atoms with van der Waals surface area (Å²) in [5, 5.41) is 1.17. The Kier molecular flexibility index (Phi) is 5.56. The van der Waals surface area contributed by atoms with Gasteiger partial charge >= 0.3 is 0 Å². The topological polar surface area (TPSA) is 17.1 Å². The number of rotatable bonds is 3. The number of halogens is 3. The van der Waals surface area contributed by atoms with Crippen molar-refractivity contribution in [2.24, 2.45) is 5.92 Å². The molecule has 19 heavy (non-hydrogen) atoms. The SMILES string of the molecule is O=C(CC1CCCCCC1)c1c(Cl)cc(Cl)cc1Cl. The van der Waals surface area contributed by atoms with E-state index in [4.69, 9.17) is 34.8 Å². The third-order valence-electron chi connectivity index (χ3n) is 3.73. The van der Waals surface area contributed by atoms with Crippen molar-refractivity contribution in [3.8, 4) is 0 Å². The Morgan fingerprint density at radius 3 is 2.05 bits per heavy atom. The number of Topliss-reactive ketones (excluding diaryl/α,β-unsaturated/α-hetero) is 1. The Morgan fingerprint density at radius 1 is 1.00 bits per heavy atom. The van der Waals surface area contributed by atoms with Crippen molar-refractivity contribution in [3.63, 3.8) is 0 Å². The molecule has 1 aliphatic carbocycles. The van der Waals surface area contributed by atoms with E-state index in [2.05, 4.69) is 0 Å². The van der Waals surface area contributed by atoms with Crippen LogP contribution in [0.15, 0.2) is 12.1 Å². The second-order valence-corrected chi connectivity index (χ2v) is 6.48. The van der Waals surface area contributed by atoms with Crippen LogP contribution >= 0.6 is 34.8 Å². The average Bonchev–Trinajstić information content (AvgIpc) is 2.56. The van der Waals surface area contributed by atoms with Gasteiger partial charge in [0.15, 0.2) is 5.78 Å². The van der Waals surface area contributed by atoms with Crippen LogP contribution in [-0.2, 0) is 0 Å². The van der Waals surface area contributed by atoms with E-state index in [0.29, 0.717) is 33.0 Å². The van der Waals surface area contributed by atoms with Gasteiger partial charge in [-0.05, 0) is 18.1 Å². The maximum atomic E-state index is 12.4. The van der Waals surface area contributed by atoms with Gasteiger partial charge in [-0.2, -0.15) is 0 Å². The van der Waals surface area contributed by atoms with Crippen LogP contribution in [0.4, 0.5) is 0 Å². The van der Waals surface area contributed by atoms with Crippen molar-refractivity contribution in [1.29, 1.82) is 0 Å². The first-order valence-corrected chi connectivity index (χ1v) is 7.89. The van der Waals surface area contributed by atoms with Crippen molar-refractivity contribution in [2.45, 2.75) is 44.9 Å². The molecule has 0 atom stereocenters. The van der Waals surface area contributed by atoms with E-state index in [0.717, 1.165) is 12.8 Å². The first kappa shape index (κ1) is 15.2. The fourth-order valence-electron chi connectivity index (χ4n) is 2.74. The quantitative estimate of drug-likeness (QED) is 0.479. The van der Waals surface area contributed by atoms with E-state index in [1.807, 2.05) is 0 Å². The van der Waals surface area contributed by atoms with E-state index < -0.39 is 0 Å². The van der Waals surface area contributed by atoms with E-state index in [9.17, 15) is 4.79 Å². The average molecular weight is 320 g/mol. The van der Waals surface area contributed by atoms with Crippen LogP contribution in [0, 0.1) is 5.92 Å². The fraction of sp³-hybridized carbons (Fsp3) is 0.533. The third-order valence-corrected chi connectivity index (χ3v) is 4.55. The minimum absolute atomic E-state index is 0.0403. The molecule has 1 saturated carbocycles. The molecule has 0 aromatic heterocycles. The highest BCUT2D eigenvalue weighted by Crippen LogP contribution is 2.33. The monoisotopic (exact) mass is 318 g/mol. The molecule has 1 aliphatic rings. The van der Waals surface area contributed by atoms with Crippen LogP contribution in [0.5, 0.6) is 0 Å². The van der Waals surface area contributed by atoms with E-state index >= 15 is 0 Å². The van der Waals surface area contributed by atoms with E-state index in [-0.39, 0.29) is 5.78 Å². The second kappa shape index (κ2) is 6.97. The summed E-state index contributed by atoms with van der Waals surface area (Å²) in [6.07, 6.45) is 7.82. The maximum absolute atomic E-state index is 12.4. The number of hydrogen-bond acceptors (Lipinski definition) is 1. The van der Waals surface area contributed by atoms with Gasteiger partial charge in [0.25, 0.3) is 0 Å². The zero-order valence-electron chi connectivity index (χ0n) is 10.7. The fourth-order valence-corrected chi connectivity index (χ4v) is 3.77. The summed E-state index contributed by atoms with van der Waals surface area (Å²) in [5.74, 6) is 0.511. The van der Waals surface area contributed by atoms with Gasteiger partial charge in [0.05, 0.1) is 15.6 Å². The Bertz CT molecular complexity index is 439. The van der Waals surface area contributed by atoms with Crippen LogP contribution in [0.1, 0.15) is 55.3 Å². The summed E-state index contributed by atoms with van der Waals surface area (Å²) in [4.78, 5) is 12.4. The summed E-state index contributed by atoms with van der Waals surface area (Å²) in [5.41, 5.74) is 0.428. The zero-order chi connectivity index (χ0) is 13.8. The molecule has 1 aromatic rings. The molecule has 0 saturated heterocycles.